The van der Waals surface area contributed by atoms with Crippen LogP contribution < -0.4 is 5.32 Å². The molecule has 1 amide bonds. The van der Waals surface area contributed by atoms with Gasteiger partial charge in [-0.3, -0.25) is 9.59 Å². The first-order valence-electron chi connectivity index (χ1n) is 11.0. The standard InChI is InChI=1S/C24H29ClN2O5S/c1-32-23(28)10-5-7-18-6-4-8-19(16-18)17-27(22-9-2-3-15-26-24(22)29)33(30,31)21-13-11-20(25)12-14-21/h4,6,8,11-14,16,22H,2-3,5,7,9-10,15,17H2,1H3,(H,26,29). The number of hydrogen-bond donors (Lipinski definition) is 1. The van der Waals surface area contributed by atoms with Crippen LogP contribution in [-0.4, -0.2) is 44.3 Å². The lowest BCUT2D eigenvalue weighted by Gasteiger charge is -2.29. The Hall–Kier alpha value is -2.42. The number of rotatable bonds is 9. The summed E-state index contributed by atoms with van der Waals surface area (Å²) in [5, 5.41) is 3.28. The molecule has 0 bridgehead atoms. The predicted octanol–water partition coefficient (Wildman–Crippen LogP) is 3.70. The van der Waals surface area contributed by atoms with Gasteiger partial charge in [-0.2, -0.15) is 4.31 Å². The smallest absolute Gasteiger partial charge is 0.305 e. The summed E-state index contributed by atoms with van der Waals surface area (Å²) < 4.78 is 33.2. The average molecular weight is 493 g/mol. The van der Waals surface area contributed by atoms with E-state index in [1.165, 1.54) is 35.7 Å². The highest BCUT2D eigenvalue weighted by molar-refractivity contribution is 7.89. The van der Waals surface area contributed by atoms with E-state index in [0.717, 1.165) is 24.0 Å². The van der Waals surface area contributed by atoms with Crippen molar-refractivity contribution in [3.63, 3.8) is 0 Å². The number of ether oxygens (including phenoxy) is 1. The summed E-state index contributed by atoms with van der Waals surface area (Å²) in [5.74, 6) is -0.537. The predicted molar refractivity (Wildman–Crippen MR) is 126 cm³/mol. The van der Waals surface area contributed by atoms with Crippen LogP contribution in [0.3, 0.4) is 0 Å². The Kier molecular flexibility index (Phi) is 8.88. The minimum Gasteiger partial charge on any atom is -0.469 e. The van der Waals surface area contributed by atoms with Gasteiger partial charge in [0, 0.05) is 24.5 Å². The average Bonchev–Trinajstić information content (AvgIpc) is 3.02. The highest BCUT2D eigenvalue weighted by Gasteiger charge is 2.36. The second-order valence-electron chi connectivity index (χ2n) is 8.06. The van der Waals surface area contributed by atoms with E-state index >= 15 is 0 Å². The Labute approximate surface area is 200 Å². The molecule has 2 aromatic rings. The van der Waals surface area contributed by atoms with Crippen molar-refractivity contribution in [1.29, 1.82) is 0 Å². The topological polar surface area (TPSA) is 92.8 Å². The van der Waals surface area contributed by atoms with Gasteiger partial charge in [0.05, 0.1) is 12.0 Å². The second kappa shape index (κ2) is 11.6. The number of methoxy groups -OCH3 is 1. The molecule has 1 saturated heterocycles. The first-order valence-corrected chi connectivity index (χ1v) is 12.8. The van der Waals surface area contributed by atoms with Crippen LogP contribution in [-0.2, 0) is 37.3 Å². The third-order valence-electron chi connectivity index (χ3n) is 5.68. The van der Waals surface area contributed by atoms with E-state index in [1.807, 2.05) is 24.3 Å². The molecule has 1 unspecified atom stereocenters. The monoisotopic (exact) mass is 492 g/mol. The maximum atomic E-state index is 13.6. The third-order valence-corrected chi connectivity index (χ3v) is 7.80. The number of esters is 1. The molecule has 0 aliphatic carbocycles. The molecule has 1 aliphatic rings. The van der Waals surface area contributed by atoms with E-state index in [4.69, 9.17) is 11.6 Å². The van der Waals surface area contributed by atoms with Gasteiger partial charge in [0.2, 0.25) is 15.9 Å². The molecule has 2 aromatic carbocycles. The maximum Gasteiger partial charge on any atom is 0.305 e. The number of nitrogens with one attached hydrogen (secondary N) is 1. The van der Waals surface area contributed by atoms with Crippen molar-refractivity contribution in [3.8, 4) is 0 Å². The number of sulfonamides is 1. The molecular weight excluding hydrogens is 464 g/mol. The minimum atomic E-state index is -3.96. The van der Waals surface area contributed by atoms with Crippen LogP contribution in [0.15, 0.2) is 53.4 Å². The maximum absolute atomic E-state index is 13.6. The van der Waals surface area contributed by atoms with Crippen molar-refractivity contribution >= 4 is 33.5 Å². The lowest BCUT2D eigenvalue weighted by molar-refractivity contribution is -0.140. The fourth-order valence-corrected chi connectivity index (χ4v) is 5.64. The minimum absolute atomic E-state index is 0.0634. The molecule has 9 heteroatoms. The van der Waals surface area contributed by atoms with Gasteiger partial charge in [0.1, 0.15) is 6.04 Å². The summed E-state index contributed by atoms with van der Waals surface area (Å²) >= 11 is 5.95. The van der Waals surface area contributed by atoms with Crippen LogP contribution in [0.25, 0.3) is 0 Å². The first kappa shape index (κ1) is 25.2. The molecule has 33 heavy (non-hydrogen) atoms. The summed E-state index contributed by atoms with van der Waals surface area (Å²) in [6, 6.07) is 12.8. The van der Waals surface area contributed by atoms with Gasteiger partial charge in [-0.15, -0.1) is 0 Å². The number of benzene rings is 2. The zero-order valence-corrected chi connectivity index (χ0v) is 20.2. The Morgan fingerprint density at radius 1 is 1.15 bits per heavy atom. The highest BCUT2D eigenvalue weighted by atomic mass is 35.5. The van der Waals surface area contributed by atoms with Crippen LogP contribution in [0.2, 0.25) is 5.02 Å². The van der Waals surface area contributed by atoms with E-state index in [0.29, 0.717) is 37.3 Å². The van der Waals surface area contributed by atoms with Gasteiger partial charge in [0.25, 0.3) is 0 Å². The highest BCUT2D eigenvalue weighted by Crippen LogP contribution is 2.26. The summed E-state index contributed by atoms with van der Waals surface area (Å²) in [5.41, 5.74) is 1.77. The summed E-state index contributed by atoms with van der Waals surface area (Å²) in [7, 11) is -2.59. The zero-order valence-electron chi connectivity index (χ0n) is 18.6. The molecule has 0 saturated carbocycles. The van der Waals surface area contributed by atoms with Gasteiger partial charge >= 0.3 is 5.97 Å². The van der Waals surface area contributed by atoms with Crippen molar-refractivity contribution in [1.82, 2.24) is 9.62 Å². The van der Waals surface area contributed by atoms with Gasteiger partial charge in [0.15, 0.2) is 0 Å². The Balaban J connectivity index is 1.88. The molecule has 3 rings (SSSR count). The van der Waals surface area contributed by atoms with Crippen LogP contribution >= 0.6 is 11.6 Å². The molecule has 0 aromatic heterocycles. The summed E-state index contributed by atoms with van der Waals surface area (Å²) in [4.78, 5) is 24.3. The quantitative estimate of drug-likeness (QED) is 0.539. The van der Waals surface area contributed by atoms with Gasteiger partial charge in [-0.05, 0) is 67.5 Å². The third kappa shape index (κ3) is 6.79. The zero-order chi connectivity index (χ0) is 23.8. The number of halogens is 1. The molecule has 0 radical (unpaired) electrons. The lowest BCUT2D eigenvalue weighted by Crippen LogP contribution is -2.48. The number of hydrogen-bond acceptors (Lipinski definition) is 5. The van der Waals surface area contributed by atoms with E-state index in [9.17, 15) is 18.0 Å². The van der Waals surface area contributed by atoms with Crippen molar-refractivity contribution in [2.24, 2.45) is 0 Å². The van der Waals surface area contributed by atoms with E-state index in [1.54, 1.807) is 0 Å². The van der Waals surface area contributed by atoms with E-state index in [-0.39, 0.29) is 23.3 Å². The Morgan fingerprint density at radius 3 is 2.61 bits per heavy atom. The SMILES string of the molecule is COC(=O)CCCc1cccc(CN(C2CCCCNC2=O)S(=O)(=O)c2ccc(Cl)cc2)c1. The summed E-state index contributed by atoms with van der Waals surface area (Å²) in [6.45, 7) is 0.605. The number of carbonyl (C=O) groups is 2. The molecule has 1 atom stereocenters. The van der Waals surface area contributed by atoms with Gasteiger partial charge < -0.3 is 10.1 Å². The van der Waals surface area contributed by atoms with E-state index < -0.39 is 16.1 Å². The Bertz CT molecular complexity index is 1070. The lowest BCUT2D eigenvalue weighted by atomic mass is 10.0. The number of carbonyl (C=O) groups excluding carboxylic acids is 2. The molecule has 1 N–H and O–H groups in total. The normalized spacial score (nSPS) is 16.8. The largest absolute Gasteiger partial charge is 0.469 e. The van der Waals surface area contributed by atoms with Gasteiger partial charge in [-0.1, -0.05) is 35.9 Å². The van der Waals surface area contributed by atoms with Crippen molar-refractivity contribution in [2.45, 2.75) is 56.0 Å². The fraction of sp³-hybridized carbons (Fsp3) is 0.417. The molecular formula is C24H29ClN2O5S. The number of amides is 1. The van der Waals surface area contributed by atoms with Crippen LogP contribution in [0.5, 0.6) is 0 Å². The summed E-state index contributed by atoms with van der Waals surface area (Å²) in [6.07, 6.45) is 3.64. The van der Waals surface area contributed by atoms with Crippen molar-refractivity contribution in [3.05, 3.63) is 64.7 Å². The van der Waals surface area contributed by atoms with Crippen molar-refractivity contribution < 1.29 is 22.7 Å². The molecule has 1 aliphatic heterocycles. The first-order chi connectivity index (χ1) is 15.8. The molecule has 0 spiro atoms. The van der Waals surface area contributed by atoms with E-state index in [2.05, 4.69) is 10.1 Å². The van der Waals surface area contributed by atoms with Crippen LogP contribution in [0, 0.1) is 0 Å². The molecule has 1 heterocycles. The second-order valence-corrected chi connectivity index (χ2v) is 10.4. The fourth-order valence-electron chi connectivity index (χ4n) is 3.90. The Morgan fingerprint density at radius 2 is 1.88 bits per heavy atom. The number of aryl methyl sites for hydroxylation is 1. The molecule has 1 fully saturated rings. The molecule has 7 nitrogen and oxygen atoms in total. The van der Waals surface area contributed by atoms with Gasteiger partial charge in [-0.25, -0.2) is 8.42 Å². The number of nitrogens with zero attached hydrogens (tertiary/aromatic N) is 1. The van der Waals surface area contributed by atoms with Crippen LogP contribution in [0.4, 0.5) is 0 Å². The van der Waals surface area contributed by atoms with Crippen LogP contribution in [0.1, 0.15) is 43.2 Å². The molecule has 178 valence electrons. The van der Waals surface area contributed by atoms with Crippen molar-refractivity contribution in [2.75, 3.05) is 13.7 Å².